The summed E-state index contributed by atoms with van der Waals surface area (Å²) in [6.07, 6.45) is 2.59. The molecule has 0 saturated carbocycles. The van der Waals surface area contributed by atoms with Gasteiger partial charge in [-0.05, 0) is 18.2 Å². The molecule has 104 valence electrons. The number of hydrogen-bond donors (Lipinski definition) is 0. The Morgan fingerprint density at radius 1 is 1.40 bits per heavy atom. The number of hydrogen-bond acceptors (Lipinski definition) is 4. The fraction of sp³-hybridized carbons (Fsp3) is 0.154. The van der Waals surface area contributed by atoms with Crippen molar-refractivity contribution in [2.75, 3.05) is 7.11 Å². The maximum absolute atomic E-state index is 12.1. The third-order valence-corrected chi connectivity index (χ3v) is 3.10. The van der Waals surface area contributed by atoms with Gasteiger partial charge in [-0.2, -0.15) is 0 Å². The van der Waals surface area contributed by atoms with E-state index in [0.29, 0.717) is 16.3 Å². The first-order valence-corrected chi connectivity index (χ1v) is 6.35. The van der Waals surface area contributed by atoms with Gasteiger partial charge >= 0.3 is 5.69 Å². The molecule has 5 nitrogen and oxygen atoms in total. The SMILES string of the molecule is COc1ccc(C(=O)Cn2cc(Cl)cnc2=O)cc1Cl. The van der Waals surface area contributed by atoms with E-state index >= 15 is 0 Å². The van der Waals surface area contributed by atoms with Crippen LogP contribution in [0, 0.1) is 0 Å². The average molecular weight is 313 g/mol. The van der Waals surface area contributed by atoms with Crippen LogP contribution in [-0.2, 0) is 6.54 Å². The Hall–Kier alpha value is -1.85. The zero-order valence-corrected chi connectivity index (χ0v) is 12.0. The van der Waals surface area contributed by atoms with Gasteiger partial charge in [0.05, 0.1) is 29.9 Å². The number of ether oxygens (including phenoxy) is 1. The highest BCUT2D eigenvalue weighted by molar-refractivity contribution is 6.32. The number of ketones is 1. The van der Waals surface area contributed by atoms with Gasteiger partial charge in [-0.15, -0.1) is 0 Å². The number of benzene rings is 1. The molecule has 0 fully saturated rings. The molecule has 0 spiro atoms. The fourth-order valence-electron chi connectivity index (χ4n) is 1.63. The van der Waals surface area contributed by atoms with E-state index in [0.717, 1.165) is 4.57 Å². The van der Waals surface area contributed by atoms with Crippen molar-refractivity contribution in [1.82, 2.24) is 9.55 Å². The Balaban J connectivity index is 2.26. The molecule has 0 aliphatic heterocycles. The summed E-state index contributed by atoms with van der Waals surface area (Å²) in [7, 11) is 1.49. The summed E-state index contributed by atoms with van der Waals surface area (Å²) in [4.78, 5) is 27.1. The molecule has 2 aromatic rings. The van der Waals surface area contributed by atoms with Gasteiger partial charge in [0, 0.05) is 11.8 Å². The minimum Gasteiger partial charge on any atom is -0.495 e. The maximum Gasteiger partial charge on any atom is 0.348 e. The molecular weight excluding hydrogens is 303 g/mol. The van der Waals surface area contributed by atoms with Gasteiger partial charge in [-0.1, -0.05) is 23.2 Å². The first kappa shape index (κ1) is 14.6. The topological polar surface area (TPSA) is 61.2 Å². The number of rotatable bonds is 4. The number of Topliss-reactive ketones (excluding diaryl/α,β-unsaturated/α-hetero) is 1. The lowest BCUT2D eigenvalue weighted by atomic mass is 10.1. The van der Waals surface area contributed by atoms with Gasteiger partial charge in [0.15, 0.2) is 5.78 Å². The number of carbonyl (C=O) groups excluding carboxylic acids is 1. The second kappa shape index (κ2) is 6.07. The molecule has 2 rings (SSSR count). The van der Waals surface area contributed by atoms with Gasteiger partial charge in [0.2, 0.25) is 0 Å². The van der Waals surface area contributed by atoms with Crippen molar-refractivity contribution >= 4 is 29.0 Å². The smallest absolute Gasteiger partial charge is 0.348 e. The highest BCUT2D eigenvalue weighted by Crippen LogP contribution is 2.25. The van der Waals surface area contributed by atoms with Crippen molar-refractivity contribution < 1.29 is 9.53 Å². The summed E-state index contributed by atoms with van der Waals surface area (Å²) >= 11 is 11.7. The Labute approximate surface area is 124 Å². The van der Waals surface area contributed by atoms with Crippen molar-refractivity contribution in [1.29, 1.82) is 0 Å². The zero-order valence-electron chi connectivity index (χ0n) is 10.5. The molecule has 1 aromatic carbocycles. The van der Waals surface area contributed by atoms with Gasteiger partial charge in [-0.25, -0.2) is 9.78 Å². The number of carbonyl (C=O) groups is 1. The number of halogens is 2. The quantitative estimate of drug-likeness (QED) is 0.814. The van der Waals surface area contributed by atoms with Crippen molar-refractivity contribution in [3.8, 4) is 5.75 Å². The minimum absolute atomic E-state index is 0.158. The predicted octanol–water partition coefficient (Wildman–Crippen LogP) is 2.44. The summed E-state index contributed by atoms with van der Waals surface area (Å²) in [5.41, 5.74) is -0.162. The van der Waals surface area contributed by atoms with E-state index in [2.05, 4.69) is 4.98 Å². The molecule has 1 heterocycles. The summed E-state index contributed by atoms with van der Waals surface area (Å²) in [5, 5.41) is 0.611. The molecule has 20 heavy (non-hydrogen) atoms. The second-order valence-electron chi connectivity index (χ2n) is 3.96. The monoisotopic (exact) mass is 312 g/mol. The Bertz CT molecular complexity index is 713. The summed E-state index contributed by atoms with van der Waals surface area (Å²) < 4.78 is 6.15. The second-order valence-corrected chi connectivity index (χ2v) is 4.80. The van der Waals surface area contributed by atoms with Crippen molar-refractivity contribution in [3.05, 3.63) is 56.7 Å². The van der Waals surface area contributed by atoms with Crippen LogP contribution in [0.1, 0.15) is 10.4 Å². The lowest BCUT2D eigenvalue weighted by Crippen LogP contribution is -2.25. The molecule has 1 aromatic heterocycles. The van der Waals surface area contributed by atoms with E-state index in [9.17, 15) is 9.59 Å². The van der Waals surface area contributed by atoms with E-state index in [1.165, 1.54) is 25.6 Å². The minimum atomic E-state index is -0.539. The largest absolute Gasteiger partial charge is 0.495 e. The third-order valence-electron chi connectivity index (χ3n) is 2.61. The highest BCUT2D eigenvalue weighted by Gasteiger charge is 2.11. The molecule has 0 radical (unpaired) electrons. The zero-order chi connectivity index (χ0) is 14.7. The van der Waals surface area contributed by atoms with E-state index in [4.69, 9.17) is 27.9 Å². The van der Waals surface area contributed by atoms with Crippen LogP contribution in [-0.4, -0.2) is 22.4 Å². The van der Waals surface area contributed by atoms with Crippen LogP contribution in [0.25, 0.3) is 0 Å². The van der Waals surface area contributed by atoms with Crippen LogP contribution in [0.2, 0.25) is 10.0 Å². The lowest BCUT2D eigenvalue weighted by molar-refractivity contribution is 0.0970. The van der Waals surface area contributed by atoms with Crippen LogP contribution in [0.3, 0.4) is 0 Å². The molecule has 7 heteroatoms. The summed E-state index contributed by atoms with van der Waals surface area (Å²) in [5.74, 6) is 0.200. The van der Waals surface area contributed by atoms with E-state index in [1.807, 2.05) is 0 Å². The van der Waals surface area contributed by atoms with Crippen LogP contribution in [0.4, 0.5) is 0 Å². The average Bonchev–Trinajstić information content (AvgIpc) is 2.42. The van der Waals surface area contributed by atoms with Crippen LogP contribution >= 0.6 is 23.2 Å². The Morgan fingerprint density at radius 3 is 2.80 bits per heavy atom. The molecule has 0 aliphatic carbocycles. The third kappa shape index (κ3) is 3.18. The molecule has 0 aliphatic rings. The van der Waals surface area contributed by atoms with Crippen molar-refractivity contribution in [3.63, 3.8) is 0 Å². The van der Waals surface area contributed by atoms with Gasteiger partial charge < -0.3 is 4.74 Å². The standard InChI is InChI=1S/C13H10Cl2N2O3/c1-20-12-3-2-8(4-10(12)15)11(18)7-17-6-9(14)5-16-13(17)19/h2-6H,7H2,1H3. The van der Waals surface area contributed by atoms with Gasteiger partial charge in [-0.3, -0.25) is 9.36 Å². The maximum atomic E-state index is 12.1. The van der Waals surface area contributed by atoms with Gasteiger partial charge in [0.25, 0.3) is 0 Å². The van der Waals surface area contributed by atoms with Crippen LogP contribution in [0.15, 0.2) is 35.4 Å². The van der Waals surface area contributed by atoms with Crippen LogP contribution in [0.5, 0.6) is 5.75 Å². The normalized spacial score (nSPS) is 10.3. The summed E-state index contributed by atoms with van der Waals surface area (Å²) in [6.45, 7) is -0.158. The highest BCUT2D eigenvalue weighted by atomic mass is 35.5. The fourth-order valence-corrected chi connectivity index (χ4v) is 2.05. The molecule has 0 saturated heterocycles. The lowest BCUT2D eigenvalue weighted by Gasteiger charge is -2.07. The van der Waals surface area contributed by atoms with Crippen molar-refractivity contribution in [2.24, 2.45) is 0 Å². The van der Waals surface area contributed by atoms with E-state index in [-0.39, 0.29) is 17.4 Å². The molecule has 0 N–H and O–H groups in total. The Morgan fingerprint density at radius 2 is 2.15 bits per heavy atom. The van der Waals surface area contributed by atoms with Crippen molar-refractivity contribution in [2.45, 2.75) is 6.54 Å². The van der Waals surface area contributed by atoms with E-state index in [1.54, 1.807) is 12.1 Å². The Kier molecular flexibility index (Phi) is 4.42. The number of methoxy groups -OCH3 is 1. The van der Waals surface area contributed by atoms with Crippen LogP contribution < -0.4 is 10.4 Å². The number of aromatic nitrogens is 2. The molecule has 0 unspecified atom stereocenters. The van der Waals surface area contributed by atoms with E-state index < -0.39 is 5.69 Å². The molecular formula is C13H10Cl2N2O3. The molecule has 0 amide bonds. The molecule has 0 bridgehead atoms. The number of nitrogens with zero attached hydrogens (tertiary/aromatic N) is 2. The first-order chi connectivity index (χ1) is 9.51. The first-order valence-electron chi connectivity index (χ1n) is 5.60. The molecule has 0 atom stereocenters. The van der Waals surface area contributed by atoms with Gasteiger partial charge in [0.1, 0.15) is 5.75 Å². The predicted molar refractivity (Wildman–Crippen MR) is 75.8 cm³/mol. The summed E-state index contributed by atoms with van der Waals surface area (Å²) in [6, 6.07) is 4.66.